The van der Waals surface area contributed by atoms with Crippen molar-refractivity contribution in [3.05, 3.63) is 0 Å². The van der Waals surface area contributed by atoms with Crippen LogP contribution in [0.5, 0.6) is 0 Å². The molecule has 0 aromatic rings. The van der Waals surface area contributed by atoms with Crippen molar-refractivity contribution in [2.45, 2.75) is 57.9 Å². The molecule has 1 unspecified atom stereocenters. The van der Waals surface area contributed by atoms with E-state index in [0.29, 0.717) is 0 Å². The molecule has 1 aliphatic carbocycles. The predicted molar refractivity (Wildman–Crippen MR) is 71.7 cm³/mol. The summed E-state index contributed by atoms with van der Waals surface area (Å²) in [6, 6.07) is 0.792. The Morgan fingerprint density at radius 2 is 1.87 bits per heavy atom. The Kier molecular flexibility index (Phi) is 7.54. The molecule has 0 aromatic heterocycles. The zero-order valence-electron chi connectivity index (χ0n) is 10.4. The second-order valence-electron chi connectivity index (χ2n) is 4.70. The van der Waals surface area contributed by atoms with Crippen molar-refractivity contribution < 1.29 is 0 Å². The number of nitrogens with one attached hydrogen (secondary N) is 1. The van der Waals surface area contributed by atoms with Crippen LogP contribution >= 0.6 is 11.8 Å². The van der Waals surface area contributed by atoms with Crippen LogP contribution < -0.4 is 5.32 Å². The third kappa shape index (κ3) is 5.26. The molecule has 0 amide bonds. The molecule has 0 aromatic carbocycles. The lowest BCUT2D eigenvalue weighted by atomic mass is 9.90. The molecule has 1 nitrogen and oxygen atoms in total. The van der Waals surface area contributed by atoms with Crippen LogP contribution in [-0.4, -0.2) is 24.6 Å². The molecule has 0 bridgehead atoms. The molecule has 0 aliphatic heterocycles. The summed E-state index contributed by atoms with van der Waals surface area (Å²) in [7, 11) is 0. The minimum atomic E-state index is 0.792. The van der Waals surface area contributed by atoms with Crippen molar-refractivity contribution in [3.8, 4) is 0 Å². The maximum absolute atomic E-state index is 3.70. The molecule has 0 radical (unpaired) electrons. The van der Waals surface area contributed by atoms with Crippen molar-refractivity contribution in [3.63, 3.8) is 0 Å². The lowest BCUT2D eigenvalue weighted by Crippen LogP contribution is -2.36. The van der Waals surface area contributed by atoms with Crippen LogP contribution in [0.15, 0.2) is 0 Å². The molecule has 15 heavy (non-hydrogen) atoms. The van der Waals surface area contributed by atoms with E-state index in [1.54, 1.807) is 0 Å². The maximum Gasteiger partial charge on any atom is 0.0103 e. The van der Waals surface area contributed by atoms with Crippen LogP contribution in [-0.2, 0) is 0 Å². The first kappa shape index (κ1) is 13.4. The van der Waals surface area contributed by atoms with Gasteiger partial charge in [0.25, 0.3) is 0 Å². The van der Waals surface area contributed by atoms with Crippen molar-refractivity contribution >= 4 is 11.8 Å². The molecule has 1 fully saturated rings. The summed E-state index contributed by atoms with van der Waals surface area (Å²) < 4.78 is 0. The van der Waals surface area contributed by atoms with Gasteiger partial charge in [-0.25, -0.2) is 0 Å². The molecule has 0 heterocycles. The number of hydrogen-bond donors (Lipinski definition) is 1. The molecule has 1 N–H and O–H groups in total. The van der Waals surface area contributed by atoms with Gasteiger partial charge in [0.2, 0.25) is 0 Å². The highest BCUT2D eigenvalue weighted by atomic mass is 32.2. The Bertz CT molecular complexity index is 141. The quantitative estimate of drug-likeness (QED) is 0.697. The number of rotatable bonds is 6. The van der Waals surface area contributed by atoms with Gasteiger partial charge in [-0.3, -0.25) is 0 Å². The van der Waals surface area contributed by atoms with Gasteiger partial charge in [-0.2, -0.15) is 11.8 Å². The molecule has 1 saturated carbocycles. The Hall–Kier alpha value is 0.310. The van der Waals surface area contributed by atoms with E-state index in [2.05, 4.69) is 18.5 Å². The second kappa shape index (κ2) is 8.46. The lowest BCUT2D eigenvalue weighted by Gasteiger charge is -2.26. The van der Waals surface area contributed by atoms with E-state index in [9.17, 15) is 0 Å². The molecule has 0 spiro atoms. The highest BCUT2D eigenvalue weighted by molar-refractivity contribution is 7.98. The molecule has 0 saturated heterocycles. The fourth-order valence-corrected chi connectivity index (χ4v) is 3.21. The summed E-state index contributed by atoms with van der Waals surface area (Å²) >= 11 is 1.99. The van der Waals surface area contributed by atoms with Gasteiger partial charge >= 0.3 is 0 Å². The Labute approximate surface area is 99.8 Å². The molecule has 1 rings (SSSR count). The monoisotopic (exact) mass is 229 g/mol. The van der Waals surface area contributed by atoms with Crippen LogP contribution in [0, 0.1) is 5.92 Å². The SMILES string of the molecule is CCNC(CCSC)C1CCCCCC1. The van der Waals surface area contributed by atoms with Gasteiger partial charge in [0.05, 0.1) is 0 Å². The number of hydrogen-bond acceptors (Lipinski definition) is 2. The second-order valence-corrected chi connectivity index (χ2v) is 5.68. The van der Waals surface area contributed by atoms with Gasteiger partial charge in [-0.1, -0.05) is 32.6 Å². The third-order valence-electron chi connectivity index (χ3n) is 3.57. The molecule has 2 heteroatoms. The number of thioether (sulfide) groups is 1. The first-order chi connectivity index (χ1) is 7.38. The van der Waals surface area contributed by atoms with Crippen molar-refractivity contribution in [1.29, 1.82) is 0 Å². The largest absolute Gasteiger partial charge is 0.314 e. The molecule has 1 atom stereocenters. The van der Waals surface area contributed by atoms with Gasteiger partial charge in [-0.05, 0) is 43.7 Å². The highest BCUT2D eigenvalue weighted by Gasteiger charge is 2.21. The van der Waals surface area contributed by atoms with E-state index in [-0.39, 0.29) is 0 Å². The topological polar surface area (TPSA) is 12.0 Å². The molecule has 1 aliphatic rings. The predicted octanol–water partition coefficient (Wildman–Crippen LogP) is 3.69. The highest BCUT2D eigenvalue weighted by Crippen LogP contribution is 2.27. The van der Waals surface area contributed by atoms with Gasteiger partial charge in [-0.15, -0.1) is 0 Å². The minimum Gasteiger partial charge on any atom is -0.314 e. The van der Waals surface area contributed by atoms with Crippen molar-refractivity contribution in [2.75, 3.05) is 18.6 Å². The molecule has 90 valence electrons. The standard InChI is InChI=1S/C13H27NS/c1-3-14-13(10-11-15-2)12-8-6-4-5-7-9-12/h12-14H,3-11H2,1-2H3. The minimum absolute atomic E-state index is 0.792. The van der Waals surface area contributed by atoms with E-state index in [0.717, 1.165) is 18.5 Å². The Morgan fingerprint density at radius 3 is 2.40 bits per heavy atom. The average Bonchev–Trinajstić information content (AvgIpc) is 2.52. The summed E-state index contributed by atoms with van der Waals surface area (Å²) in [5.41, 5.74) is 0. The van der Waals surface area contributed by atoms with E-state index < -0.39 is 0 Å². The normalized spacial score (nSPS) is 21.2. The molecular formula is C13H27NS. The van der Waals surface area contributed by atoms with E-state index in [4.69, 9.17) is 0 Å². The zero-order valence-corrected chi connectivity index (χ0v) is 11.2. The van der Waals surface area contributed by atoms with Gasteiger partial charge in [0, 0.05) is 6.04 Å². The van der Waals surface area contributed by atoms with Crippen molar-refractivity contribution in [2.24, 2.45) is 5.92 Å². The van der Waals surface area contributed by atoms with Gasteiger partial charge in [0.15, 0.2) is 0 Å². The van der Waals surface area contributed by atoms with E-state index in [1.165, 1.54) is 50.7 Å². The summed E-state index contributed by atoms with van der Waals surface area (Å²) in [6.07, 6.45) is 12.4. The third-order valence-corrected chi connectivity index (χ3v) is 4.21. The van der Waals surface area contributed by atoms with Gasteiger partial charge in [0.1, 0.15) is 0 Å². The van der Waals surface area contributed by atoms with Crippen LogP contribution in [0.25, 0.3) is 0 Å². The maximum atomic E-state index is 3.70. The van der Waals surface area contributed by atoms with Crippen LogP contribution in [0.1, 0.15) is 51.9 Å². The lowest BCUT2D eigenvalue weighted by molar-refractivity contribution is 0.318. The van der Waals surface area contributed by atoms with Crippen LogP contribution in [0.3, 0.4) is 0 Å². The first-order valence-electron chi connectivity index (χ1n) is 6.60. The summed E-state index contributed by atoms with van der Waals surface area (Å²) in [6.45, 7) is 3.37. The fraction of sp³-hybridized carbons (Fsp3) is 1.00. The van der Waals surface area contributed by atoms with Gasteiger partial charge < -0.3 is 5.32 Å². The van der Waals surface area contributed by atoms with Crippen molar-refractivity contribution in [1.82, 2.24) is 5.32 Å². The summed E-state index contributed by atoms with van der Waals surface area (Å²) in [5.74, 6) is 2.27. The molecular weight excluding hydrogens is 202 g/mol. The average molecular weight is 229 g/mol. The Balaban J connectivity index is 2.36. The zero-order chi connectivity index (χ0) is 10.9. The first-order valence-corrected chi connectivity index (χ1v) is 8.00. The summed E-state index contributed by atoms with van der Waals surface area (Å²) in [5, 5.41) is 3.70. The van der Waals surface area contributed by atoms with E-state index in [1.807, 2.05) is 11.8 Å². The van der Waals surface area contributed by atoms with E-state index >= 15 is 0 Å². The fourth-order valence-electron chi connectivity index (χ4n) is 2.72. The van der Waals surface area contributed by atoms with Crippen LogP contribution in [0.2, 0.25) is 0 Å². The summed E-state index contributed by atoms with van der Waals surface area (Å²) in [4.78, 5) is 0. The smallest absolute Gasteiger partial charge is 0.0103 e. The Morgan fingerprint density at radius 1 is 1.20 bits per heavy atom. The van der Waals surface area contributed by atoms with Crippen LogP contribution in [0.4, 0.5) is 0 Å².